The largest absolute Gasteiger partial charge is 0.282 e. The van der Waals surface area contributed by atoms with Crippen LogP contribution in [-0.2, 0) is 13.2 Å². The maximum absolute atomic E-state index is 12.4. The van der Waals surface area contributed by atoms with Crippen LogP contribution in [0.15, 0.2) is 46.7 Å². The molecule has 4 nitrogen and oxygen atoms in total. The number of hydrogen-bond acceptors (Lipinski definition) is 4. The molecule has 0 aliphatic rings. The van der Waals surface area contributed by atoms with Gasteiger partial charge in [-0.3, -0.25) is 9.69 Å². The predicted octanol–water partition coefficient (Wildman–Crippen LogP) is 2.86. The van der Waals surface area contributed by atoms with Crippen LogP contribution in [0.5, 0.6) is 0 Å². The first-order chi connectivity index (χ1) is 10.1. The second-order valence-corrected chi connectivity index (χ2v) is 6.22. The highest BCUT2D eigenvalue weighted by Gasteiger charge is 2.08. The molecule has 3 aromatic rings. The Labute approximate surface area is 127 Å². The zero-order valence-corrected chi connectivity index (χ0v) is 12.9. The molecule has 0 N–H and O–H groups in total. The predicted molar refractivity (Wildman–Crippen MR) is 86.5 cm³/mol. The number of thiophene rings is 1. The average Bonchev–Trinajstić information content (AvgIpc) is 2.87. The van der Waals surface area contributed by atoms with Gasteiger partial charge in [-0.05, 0) is 37.0 Å². The molecular formula is C16H17N3OS. The number of nitrogens with zero attached hydrogens (tertiary/aromatic N) is 3. The van der Waals surface area contributed by atoms with Crippen LogP contribution in [0, 0.1) is 6.92 Å². The normalized spacial score (nSPS) is 11.4. The molecule has 1 aromatic carbocycles. The van der Waals surface area contributed by atoms with E-state index in [-0.39, 0.29) is 5.56 Å². The van der Waals surface area contributed by atoms with Gasteiger partial charge in [0.15, 0.2) is 0 Å². The average molecular weight is 299 g/mol. The highest BCUT2D eigenvalue weighted by atomic mass is 32.1. The summed E-state index contributed by atoms with van der Waals surface area (Å²) in [5.74, 6) is 0. The summed E-state index contributed by atoms with van der Waals surface area (Å²) in [7, 11) is 2.00. The van der Waals surface area contributed by atoms with E-state index in [9.17, 15) is 4.79 Å². The van der Waals surface area contributed by atoms with Crippen molar-refractivity contribution in [2.45, 2.75) is 20.1 Å². The summed E-state index contributed by atoms with van der Waals surface area (Å²) in [6.45, 7) is 3.42. The number of fused-ring (bicyclic) bond motifs is 1. The van der Waals surface area contributed by atoms with Crippen molar-refractivity contribution in [3.8, 4) is 0 Å². The first-order valence-electron chi connectivity index (χ1n) is 6.81. The van der Waals surface area contributed by atoms with Crippen LogP contribution < -0.4 is 5.56 Å². The molecule has 0 aliphatic heterocycles. The molecule has 0 radical (unpaired) electrons. The smallest absolute Gasteiger partial charge is 0.275 e. The van der Waals surface area contributed by atoms with Crippen molar-refractivity contribution in [2.24, 2.45) is 0 Å². The lowest BCUT2D eigenvalue weighted by atomic mass is 10.2. The Kier molecular flexibility index (Phi) is 3.86. The van der Waals surface area contributed by atoms with Crippen LogP contribution in [0.3, 0.4) is 0 Å². The van der Waals surface area contributed by atoms with Crippen molar-refractivity contribution in [1.82, 2.24) is 14.7 Å². The fraction of sp³-hybridized carbons (Fsp3) is 0.250. The molecule has 108 valence electrons. The lowest BCUT2D eigenvalue weighted by Crippen LogP contribution is -2.31. The Morgan fingerprint density at radius 2 is 2.10 bits per heavy atom. The minimum absolute atomic E-state index is 0.0390. The van der Waals surface area contributed by atoms with Gasteiger partial charge >= 0.3 is 0 Å². The molecule has 2 heterocycles. The molecule has 0 bridgehead atoms. The van der Waals surface area contributed by atoms with Gasteiger partial charge in [0.25, 0.3) is 5.56 Å². The summed E-state index contributed by atoms with van der Waals surface area (Å²) >= 11 is 1.75. The Balaban J connectivity index is 1.83. The van der Waals surface area contributed by atoms with Gasteiger partial charge in [-0.2, -0.15) is 5.10 Å². The quantitative estimate of drug-likeness (QED) is 0.743. The van der Waals surface area contributed by atoms with Crippen molar-refractivity contribution in [3.63, 3.8) is 0 Å². The molecule has 0 saturated heterocycles. The molecule has 3 rings (SSSR count). The van der Waals surface area contributed by atoms with Crippen molar-refractivity contribution in [3.05, 3.63) is 62.7 Å². The molecule has 2 aromatic heterocycles. The minimum Gasteiger partial charge on any atom is -0.282 e. The zero-order valence-electron chi connectivity index (χ0n) is 12.1. The monoisotopic (exact) mass is 299 g/mol. The van der Waals surface area contributed by atoms with Crippen LogP contribution in [-0.4, -0.2) is 21.7 Å². The van der Waals surface area contributed by atoms with E-state index in [0.29, 0.717) is 12.1 Å². The van der Waals surface area contributed by atoms with Gasteiger partial charge in [-0.25, -0.2) is 4.68 Å². The van der Waals surface area contributed by atoms with Crippen molar-refractivity contribution in [1.29, 1.82) is 0 Å². The van der Waals surface area contributed by atoms with Crippen LogP contribution in [0.2, 0.25) is 0 Å². The second kappa shape index (κ2) is 5.79. The summed E-state index contributed by atoms with van der Waals surface area (Å²) in [6, 6.07) is 9.67. The van der Waals surface area contributed by atoms with E-state index in [1.807, 2.05) is 31.3 Å². The van der Waals surface area contributed by atoms with Gasteiger partial charge < -0.3 is 0 Å². The molecule has 5 heteroatoms. The molecule has 0 saturated carbocycles. The van der Waals surface area contributed by atoms with Crippen LogP contribution in [0.25, 0.3) is 10.8 Å². The number of rotatable bonds is 4. The van der Waals surface area contributed by atoms with Gasteiger partial charge in [-0.1, -0.05) is 18.2 Å². The lowest BCUT2D eigenvalue weighted by molar-refractivity contribution is 0.242. The minimum atomic E-state index is -0.0390. The molecule has 0 atom stereocenters. The fourth-order valence-electron chi connectivity index (χ4n) is 2.32. The van der Waals surface area contributed by atoms with Crippen LogP contribution in [0.1, 0.15) is 10.4 Å². The first-order valence-corrected chi connectivity index (χ1v) is 7.69. The van der Waals surface area contributed by atoms with E-state index in [0.717, 1.165) is 11.9 Å². The number of aryl methyl sites for hydroxylation is 1. The van der Waals surface area contributed by atoms with E-state index in [1.54, 1.807) is 17.5 Å². The molecule has 0 amide bonds. The van der Waals surface area contributed by atoms with Crippen molar-refractivity contribution < 1.29 is 0 Å². The highest BCUT2D eigenvalue weighted by Crippen LogP contribution is 2.17. The van der Waals surface area contributed by atoms with Crippen LogP contribution in [0.4, 0.5) is 0 Å². The van der Waals surface area contributed by atoms with Crippen molar-refractivity contribution in [2.75, 3.05) is 7.05 Å². The van der Waals surface area contributed by atoms with E-state index in [1.165, 1.54) is 15.1 Å². The summed E-state index contributed by atoms with van der Waals surface area (Å²) in [4.78, 5) is 15.8. The van der Waals surface area contributed by atoms with E-state index in [2.05, 4.69) is 28.4 Å². The summed E-state index contributed by atoms with van der Waals surface area (Å²) in [5.41, 5.74) is 1.26. The summed E-state index contributed by atoms with van der Waals surface area (Å²) < 4.78 is 1.52. The maximum atomic E-state index is 12.4. The molecule has 21 heavy (non-hydrogen) atoms. The number of benzene rings is 1. The standard InChI is InChI=1S/C16H17N3OS/c1-12-7-8-21-15(12)10-18(2)11-19-16(20)14-6-4-3-5-13(14)9-17-19/h3-9H,10-11H2,1-2H3. The van der Waals surface area contributed by atoms with Crippen LogP contribution >= 0.6 is 11.3 Å². The number of aromatic nitrogens is 2. The van der Waals surface area contributed by atoms with E-state index in [4.69, 9.17) is 0 Å². The molecule has 0 fully saturated rings. The molecule has 0 aliphatic carbocycles. The molecule has 0 unspecified atom stereocenters. The van der Waals surface area contributed by atoms with Gasteiger partial charge in [0.05, 0.1) is 18.3 Å². The zero-order chi connectivity index (χ0) is 14.8. The molecular weight excluding hydrogens is 282 g/mol. The third-order valence-corrected chi connectivity index (χ3v) is 4.53. The third kappa shape index (κ3) is 2.89. The van der Waals surface area contributed by atoms with Crippen molar-refractivity contribution >= 4 is 22.1 Å². The SMILES string of the molecule is Cc1ccsc1CN(C)Cn1ncc2ccccc2c1=O. The maximum Gasteiger partial charge on any atom is 0.275 e. The lowest BCUT2D eigenvalue weighted by Gasteiger charge is -2.17. The second-order valence-electron chi connectivity index (χ2n) is 5.22. The van der Waals surface area contributed by atoms with Gasteiger partial charge in [0, 0.05) is 16.8 Å². The Hall–Kier alpha value is -1.98. The summed E-state index contributed by atoms with van der Waals surface area (Å²) in [5, 5.41) is 7.96. The third-order valence-electron chi connectivity index (χ3n) is 3.52. The van der Waals surface area contributed by atoms with Gasteiger partial charge in [0.1, 0.15) is 0 Å². The van der Waals surface area contributed by atoms with E-state index < -0.39 is 0 Å². The van der Waals surface area contributed by atoms with Gasteiger partial charge in [-0.15, -0.1) is 11.3 Å². The Morgan fingerprint density at radius 3 is 2.86 bits per heavy atom. The number of hydrogen-bond donors (Lipinski definition) is 0. The topological polar surface area (TPSA) is 38.1 Å². The Morgan fingerprint density at radius 1 is 1.29 bits per heavy atom. The van der Waals surface area contributed by atoms with Gasteiger partial charge in [0.2, 0.25) is 0 Å². The van der Waals surface area contributed by atoms with E-state index >= 15 is 0 Å². The fourth-order valence-corrected chi connectivity index (χ4v) is 3.30. The first kappa shape index (κ1) is 14.0. The highest BCUT2D eigenvalue weighted by molar-refractivity contribution is 7.10. The summed E-state index contributed by atoms with van der Waals surface area (Å²) in [6.07, 6.45) is 1.75. The molecule has 0 spiro atoms. The Bertz CT molecular complexity index is 822.